The molecule has 4 aromatic rings. The lowest BCUT2D eigenvalue weighted by Gasteiger charge is -2.10. The van der Waals surface area contributed by atoms with Crippen molar-refractivity contribution in [3.05, 3.63) is 123 Å². The number of ketones is 1. The van der Waals surface area contributed by atoms with Crippen LogP contribution < -0.4 is 9.47 Å². The van der Waals surface area contributed by atoms with E-state index in [1.807, 2.05) is 76.2 Å². The second-order valence-electron chi connectivity index (χ2n) is 13.0. The summed E-state index contributed by atoms with van der Waals surface area (Å²) in [5, 5.41) is 0. The SMILES string of the molecule is CCc1c2[nH]c(c1CC)C(=O)/C=C(/OB(F)F)c1[nH]c(c(CC)c1CC)C#Cc1cccc(c1)OCCCC/C=C/CCCCOc1cccc(c1)C#C2. The molecule has 54 heavy (non-hydrogen) atoms. The number of H-pyrrole nitrogens is 2. The van der Waals surface area contributed by atoms with E-state index in [2.05, 4.69) is 45.8 Å². The minimum atomic E-state index is -3.15. The first-order valence-electron chi connectivity index (χ1n) is 19.2. The van der Waals surface area contributed by atoms with Crippen LogP contribution in [0.15, 0.2) is 66.8 Å². The maximum atomic E-state index is 14.0. The predicted octanol–water partition coefficient (Wildman–Crippen LogP) is 10.2. The van der Waals surface area contributed by atoms with E-state index in [1.54, 1.807) is 0 Å². The van der Waals surface area contributed by atoms with Crippen LogP contribution in [0.3, 0.4) is 0 Å². The molecule has 6 nitrogen and oxygen atoms in total. The molecule has 5 rings (SSSR count). The molecule has 0 amide bonds. The summed E-state index contributed by atoms with van der Waals surface area (Å²) in [7, 11) is -3.15. The summed E-state index contributed by atoms with van der Waals surface area (Å²) >= 11 is 0. The monoisotopic (exact) mass is 730 g/mol. The summed E-state index contributed by atoms with van der Waals surface area (Å²) < 4.78 is 45.1. The first kappa shape index (κ1) is 39.8. The molecular formula is C45H49BF2N2O4. The minimum Gasteiger partial charge on any atom is -0.503 e. The van der Waals surface area contributed by atoms with Crippen LogP contribution >= 0.6 is 0 Å². The van der Waals surface area contributed by atoms with Crippen molar-refractivity contribution in [1.82, 2.24) is 9.97 Å². The largest absolute Gasteiger partial charge is 0.796 e. The zero-order chi connectivity index (χ0) is 38.3. The highest BCUT2D eigenvalue weighted by atomic mass is 19.2. The number of benzene rings is 2. The highest BCUT2D eigenvalue weighted by Crippen LogP contribution is 2.30. The topological polar surface area (TPSA) is 76.3 Å². The normalized spacial score (nSPS) is 15.7. The first-order chi connectivity index (χ1) is 26.3. The Morgan fingerprint density at radius 1 is 0.667 bits per heavy atom. The summed E-state index contributed by atoms with van der Waals surface area (Å²) in [6.45, 7) is 9.12. The van der Waals surface area contributed by atoms with E-state index in [0.29, 0.717) is 61.7 Å². The molecule has 0 radical (unpaired) electrons. The Kier molecular flexibility index (Phi) is 14.9. The van der Waals surface area contributed by atoms with Crippen LogP contribution in [0.4, 0.5) is 8.63 Å². The van der Waals surface area contributed by atoms with Crippen LogP contribution in [0.2, 0.25) is 0 Å². The van der Waals surface area contributed by atoms with E-state index >= 15 is 0 Å². The molecule has 2 N–H and O–H groups in total. The van der Waals surface area contributed by atoms with Crippen molar-refractivity contribution in [2.45, 2.75) is 91.9 Å². The number of hydrogen-bond donors (Lipinski definition) is 2. The lowest BCUT2D eigenvalue weighted by Crippen LogP contribution is -2.09. The zero-order valence-electron chi connectivity index (χ0n) is 31.8. The van der Waals surface area contributed by atoms with Crippen LogP contribution in [-0.4, -0.2) is 36.4 Å². The molecule has 1 aliphatic heterocycles. The molecule has 9 heteroatoms. The van der Waals surface area contributed by atoms with Crippen LogP contribution in [0, 0.1) is 23.7 Å². The Labute approximate surface area is 319 Å². The average molecular weight is 731 g/mol. The minimum absolute atomic E-state index is 0.241. The molecule has 3 heterocycles. The molecule has 0 aliphatic carbocycles. The number of fused-ring (bicyclic) bond motifs is 8. The number of rotatable bonds is 6. The fraction of sp³-hybridized carbons (Fsp3) is 0.356. The Balaban J connectivity index is 1.55. The molecule has 0 saturated carbocycles. The van der Waals surface area contributed by atoms with Gasteiger partial charge in [-0.05, 0) is 135 Å². The molecule has 0 saturated heterocycles. The fourth-order valence-electron chi connectivity index (χ4n) is 6.74. The third kappa shape index (κ3) is 10.6. The third-order valence-electron chi connectivity index (χ3n) is 9.39. The van der Waals surface area contributed by atoms with Gasteiger partial charge in [0.05, 0.1) is 36.0 Å². The van der Waals surface area contributed by atoms with Crippen molar-refractivity contribution >= 4 is 19.0 Å². The second-order valence-corrected chi connectivity index (χ2v) is 13.0. The smallest absolute Gasteiger partial charge is 0.503 e. The molecule has 1 aliphatic rings. The van der Waals surface area contributed by atoms with Crippen LogP contribution in [-0.2, 0) is 30.3 Å². The number of hydrogen-bond acceptors (Lipinski definition) is 4. The molecule has 0 unspecified atom stereocenters. The van der Waals surface area contributed by atoms with E-state index in [1.165, 1.54) is 0 Å². The van der Waals surface area contributed by atoms with Gasteiger partial charge < -0.3 is 24.1 Å². The summed E-state index contributed by atoms with van der Waals surface area (Å²) in [5.74, 6) is 13.7. The highest BCUT2D eigenvalue weighted by molar-refractivity contribution is 6.36. The van der Waals surface area contributed by atoms with Crippen molar-refractivity contribution < 1.29 is 27.6 Å². The lowest BCUT2D eigenvalue weighted by molar-refractivity contribution is 0.104. The predicted molar refractivity (Wildman–Crippen MR) is 213 cm³/mol. The van der Waals surface area contributed by atoms with Gasteiger partial charge in [0.15, 0.2) is 0 Å². The maximum absolute atomic E-state index is 14.0. The molecule has 0 atom stereocenters. The summed E-state index contributed by atoms with van der Waals surface area (Å²) in [4.78, 5) is 20.5. The van der Waals surface area contributed by atoms with Gasteiger partial charge in [-0.2, -0.15) is 0 Å². The summed E-state index contributed by atoms with van der Waals surface area (Å²) in [5.41, 5.74) is 6.74. The Morgan fingerprint density at radius 3 is 1.63 bits per heavy atom. The number of nitrogens with one attached hydrogen (secondary N) is 2. The van der Waals surface area contributed by atoms with Crippen LogP contribution in [0.1, 0.15) is 127 Å². The summed E-state index contributed by atoms with van der Waals surface area (Å²) in [6, 6.07) is 15.3. The molecule has 2 aromatic carbocycles. The molecule has 0 spiro atoms. The number of carbonyl (C=O) groups excluding carboxylic acids is 1. The number of carbonyl (C=O) groups is 1. The van der Waals surface area contributed by atoms with E-state index in [4.69, 9.17) is 14.1 Å². The standard InChI is InChI=1S/C45H49BF2N2O4/c1-5-36-38(7-3)44-42(51)31-43(54-46(47)48)45-39(8-4)37(6-2)41(50-45)26-24-33-20-18-22-35(30-33)53-28-16-14-12-10-9-11-13-15-27-52-34-21-17-19-32(29-34)23-25-40(36)49-44/h9-10,17-22,29-31,49-50H,5-8,11-16,27-28H2,1-4H3/b10-9+,43-31+. The van der Waals surface area contributed by atoms with Gasteiger partial charge >= 0.3 is 7.47 Å². The zero-order valence-corrected chi connectivity index (χ0v) is 31.8. The number of allylic oxidation sites excluding steroid dienone is 3. The average Bonchev–Trinajstić information content (AvgIpc) is 3.73. The van der Waals surface area contributed by atoms with Crippen LogP contribution in [0.25, 0.3) is 5.76 Å². The van der Waals surface area contributed by atoms with E-state index in [0.717, 1.165) is 89.5 Å². The van der Waals surface area contributed by atoms with E-state index in [9.17, 15) is 13.4 Å². The molecule has 8 bridgehead atoms. The quantitative estimate of drug-likeness (QED) is 0.118. The van der Waals surface area contributed by atoms with Gasteiger partial charge in [-0.1, -0.05) is 63.8 Å². The molecule has 280 valence electrons. The second kappa shape index (κ2) is 20.2. The Hall–Kier alpha value is -5.41. The van der Waals surface area contributed by atoms with Gasteiger partial charge in [0, 0.05) is 17.2 Å². The van der Waals surface area contributed by atoms with Gasteiger partial charge in [-0.15, -0.1) is 0 Å². The van der Waals surface area contributed by atoms with Gasteiger partial charge in [0.25, 0.3) is 0 Å². The van der Waals surface area contributed by atoms with E-state index in [-0.39, 0.29) is 5.76 Å². The lowest BCUT2D eigenvalue weighted by atomic mass is 10.00. The number of halogens is 2. The molecule has 0 fully saturated rings. The van der Waals surface area contributed by atoms with Gasteiger partial charge in [0.2, 0.25) is 5.78 Å². The Morgan fingerprint density at radius 2 is 1.15 bits per heavy atom. The van der Waals surface area contributed by atoms with Crippen molar-refractivity contribution in [1.29, 1.82) is 0 Å². The van der Waals surface area contributed by atoms with Crippen molar-refractivity contribution in [2.24, 2.45) is 0 Å². The summed E-state index contributed by atoms with van der Waals surface area (Å²) in [6.07, 6.45) is 13.9. The highest BCUT2D eigenvalue weighted by Gasteiger charge is 2.27. The number of aromatic nitrogens is 2. The fourth-order valence-corrected chi connectivity index (χ4v) is 6.74. The van der Waals surface area contributed by atoms with Crippen molar-refractivity contribution in [3.8, 4) is 35.2 Å². The van der Waals surface area contributed by atoms with Crippen LogP contribution in [0.5, 0.6) is 11.5 Å². The van der Waals surface area contributed by atoms with Crippen molar-refractivity contribution in [3.63, 3.8) is 0 Å². The van der Waals surface area contributed by atoms with Gasteiger partial charge in [-0.25, -0.2) is 8.63 Å². The third-order valence-corrected chi connectivity index (χ3v) is 9.39. The molecular weight excluding hydrogens is 681 g/mol. The molecule has 2 aromatic heterocycles. The maximum Gasteiger partial charge on any atom is 0.796 e. The van der Waals surface area contributed by atoms with Gasteiger partial charge in [0.1, 0.15) is 17.3 Å². The van der Waals surface area contributed by atoms with E-state index < -0.39 is 13.3 Å². The number of aromatic amines is 2. The Bertz CT molecular complexity index is 2090. The van der Waals surface area contributed by atoms with Gasteiger partial charge in [-0.3, -0.25) is 4.79 Å². The first-order valence-corrected chi connectivity index (χ1v) is 19.2. The van der Waals surface area contributed by atoms with Crippen molar-refractivity contribution in [2.75, 3.05) is 13.2 Å². The number of ether oxygens (including phenoxy) is 2.